The molecule has 0 saturated carbocycles. The van der Waals surface area contributed by atoms with Gasteiger partial charge in [-0.25, -0.2) is 9.78 Å². The lowest BCUT2D eigenvalue weighted by molar-refractivity contribution is -0.142. The van der Waals surface area contributed by atoms with E-state index in [1.165, 1.54) is 11.3 Å². The first kappa shape index (κ1) is 18.1. The summed E-state index contributed by atoms with van der Waals surface area (Å²) in [4.78, 5) is 38.4. The highest BCUT2D eigenvalue weighted by molar-refractivity contribution is 7.09. The van der Waals surface area contributed by atoms with Crippen molar-refractivity contribution >= 4 is 29.1 Å². The molecule has 1 rings (SSSR count). The summed E-state index contributed by atoms with van der Waals surface area (Å²) in [5.41, 5.74) is 0. The minimum absolute atomic E-state index is 0.147. The third-order valence-corrected chi connectivity index (χ3v) is 3.68. The Morgan fingerprint density at radius 3 is 2.59 bits per heavy atom. The summed E-state index contributed by atoms with van der Waals surface area (Å²) in [7, 11) is 0. The number of aliphatic carboxylic acids is 1. The summed E-state index contributed by atoms with van der Waals surface area (Å²) in [5.74, 6) is -1.69. The van der Waals surface area contributed by atoms with Crippen LogP contribution in [0.25, 0.3) is 0 Å². The minimum Gasteiger partial charge on any atom is -0.480 e. The molecule has 1 heterocycles. The molecule has 1 aromatic heterocycles. The molecule has 22 heavy (non-hydrogen) atoms. The van der Waals surface area contributed by atoms with Gasteiger partial charge in [-0.3, -0.25) is 9.59 Å². The molecule has 0 aliphatic heterocycles. The molecule has 0 aromatic carbocycles. The van der Waals surface area contributed by atoms with Crippen molar-refractivity contribution in [3.05, 3.63) is 16.6 Å². The summed E-state index contributed by atoms with van der Waals surface area (Å²) >= 11 is 1.47. The van der Waals surface area contributed by atoms with Crippen LogP contribution in [-0.2, 0) is 20.8 Å². The highest BCUT2D eigenvalue weighted by Gasteiger charge is 2.21. The monoisotopic (exact) mass is 327 g/mol. The molecule has 1 atom stereocenters. The van der Waals surface area contributed by atoms with Gasteiger partial charge in [0.2, 0.25) is 11.8 Å². The molecule has 1 aromatic rings. The van der Waals surface area contributed by atoms with Crippen LogP contribution in [0.3, 0.4) is 0 Å². The third kappa shape index (κ3) is 7.16. The van der Waals surface area contributed by atoms with Crippen LogP contribution < -0.4 is 10.6 Å². The van der Waals surface area contributed by atoms with Crippen molar-refractivity contribution in [1.82, 2.24) is 15.6 Å². The minimum atomic E-state index is -1.07. The number of aromatic nitrogens is 1. The summed E-state index contributed by atoms with van der Waals surface area (Å²) in [6, 6.07) is -0.931. The van der Waals surface area contributed by atoms with Gasteiger partial charge in [0, 0.05) is 24.4 Å². The number of carbonyl (C=O) groups is 3. The Kier molecular flexibility index (Phi) is 7.51. The zero-order valence-electron chi connectivity index (χ0n) is 12.7. The van der Waals surface area contributed by atoms with Crippen LogP contribution in [-0.4, -0.2) is 40.5 Å². The second-order valence-electron chi connectivity index (χ2n) is 5.29. The normalized spacial score (nSPS) is 12.0. The molecule has 7 nitrogen and oxygen atoms in total. The number of carbonyl (C=O) groups excluding carboxylic acids is 2. The molecule has 122 valence electrons. The number of rotatable bonds is 9. The fourth-order valence-electron chi connectivity index (χ4n) is 1.80. The lowest BCUT2D eigenvalue weighted by Crippen LogP contribution is -2.46. The average Bonchev–Trinajstić information content (AvgIpc) is 2.94. The van der Waals surface area contributed by atoms with Crippen LogP contribution >= 0.6 is 11.3 Å². The molecule has 0 aliphatic rings. The summed E-state index contributed by atoms with van der Waals surface area (Å²) in [6.07, 6.45) is 2.79. The molecule has 0 saturated heterocycles. The van der Waals surface area contributed by atoms with E-state index in [9.17, 15) is 14.4 Å². The van der Waals surface area contributed by atoms with Gasteiger partial charge in [-0.05, 0) is 12.3 Å². The zero-order valence-corrected chi connectivity index (χ0v) is 13.5. The molecule has 8 heteroatoms. The largest absolute Gasteiger partial charge is 0.480 e. The second-order valence-corrected chi connectivity index (χ2v) is 6.27. The molecule has 0 aliphatic carbocycles. The Hall–Kier alpha value is -1.96. The molecular weight excluding hydrogens is 306 g/mol. The lowest BCUT2D eigenvalue weighted by atomic mass is 10.0. The van der Waals surface area contributed by atoms with Gasteiger partial charge < -0.3 is 15.7 Å². The van der Waals surface area contributed by atoms with Crippen LogP contribution in [0.5, 0.6) is 0 Å². The molecule has 0 fully saturated rings. The van der Waals surface area contributed by atoms with E-state index >= 15 is 0 Å². The standard InChI is InChI=1S/C14H21N3O4S/c1-9(2)7-10(14(20)21)17-12(19)8-16-11(18)3-4-13-15-5-6-22-13/h5-6,9-10H,3-4,7-8H2,1-2H3,(H,16,18)(H,17,19)(H,20,21)/t10-/m0/s1. The summed E-state index contributed by atoms with van der Waals surface area (Å²) in [5, 5.41) is 16.6. The van der Waals surface area contributed by atoms with Crippen LogP contribution in [0.15, 0.2) is 11.6 Å². The van der Waals surface area contributed by atoms with E-state index in [1.807, 2.05) is 19.2 Å². The Morgan fingerprint density at radius 2 is 2.05 bits per heavy atom. The first-order valence-electron chi connectivity index (χ1n) is 7.05. The first-order chi connectivity index (χ1) is 10.4. The van der Waals surface area contributed by atoms with Crippen LogP contribution in [0.4, 0.5) is 0 Å². The van der Waals surface area contributed by atoms with E-state index < -0.39 is 17.9 Å². The van der Waals surface area contributed by atoms with Gasteiger partial charge in [-0.1, -0.05) is 13.8 Å². The van der Waals surface area contributed by atoms with Crippen molar-refractivity contribution in [2.75, 3.05) is 6.54 Å². The van der Waals surface area contributed by atoms with E-state index in [2.05, 4.69) is 15.6 Å². The topological polar surface area (TPSA) is 108 Å². The number of aryl methyl sites for hydroxylation is 1. The maximum absolute atomic E-state index is 11.7. The highest BCUT2D eigenvalue weighted by atomic mass is 32.1. The second kappa shape index (κ2) is 9.14. The van der Waals surface area contributed by atoms with Gasteiger partial charge in [0.25, 0.3) is 0 Å². The number of carboxylic acid groups (broad SMARTS) is 1. The number of nitrogens with one attached hydrogen (secondary N) is 2. The predicted octanol–water partition coefficient (Wildman–Crippen LogP) is 0.807. The van der Waals surface area contributed by atoms with Crippen molar-refractivity contribution < 1.29 is 19.5 Å². The van der Waals surface area contributed by atoms with E-state index in [1.54, 1.807) is 6.20 Å². The maximum Gasteiger partial charge on any atom is 0.326 e. The van der Waals surface area contributed by atoms with Gasteiger partial charge in [-0.2, -0.15) is 0 Å². The molecule has 0 spiro atoms. The maximum atomic E-state index is 11.7. The first-order valence-corrected chi connectivity index (χ1v) is 7.93. The van der Waals surface area contributed by atoms with Crippen LogP contribution in [0.2, 0.25) is 0 Å². The van der Waals surface area contributed by atoms with Crippen LogP contribution in [0, 0.1) is 5.92 Å². The van der Waals surface area contributed by atoms with E-state index in [-0.39, 0.29) is 24.8 Å². The number of nitrogens with zero attached hydrogens (tertiary/aromatic N) is 1. The summed E-state index contributed by atoms with van der Waals surface area (Å²) in [6.45, 7) is 3.53. The zero-order chi connectivity index (χ0) is 16.5. The summed E-state index contributed by atoms with van der Waals surface area (Å²) < 4.78 is 0. The Balaban J connectivity index is 2.28. The predicted molar refractivity (Wildman–Crippen MR) is 82.5 cm³/mol. The molecule has 0 bridgehead atoms. The Bertz CT molecular complexity index is 502. The molecule has 3 N–H and O–H groups in total. The molecular formula is C14H21N3O4S. The smallest absolute Gasteiger partial charge is 0.326 e. The number of hydrogen-bond acceptors (Lipinski definition) is 5. The average molecular weight is 327 g/mol. The van der Waals surface area contributed by atoms with E-state index in [4.69, 9.17) is 5.11 Å². The van der Waals surface area contributed by atoms with Gasteiger partial charge in [0.1, 0.15) is 6.04 Å². The van der Waals surface area contributed by atoms with Crippen molar-refractivity contribution in [3.8, 4) is 0 Å². The van der Waals surface area contributed by atoms with Crippen LogP contribution in [0.1, 0.15) is 31.7 Å². The molecule has 0 radical (unpaired) electrons. The Labute approximate surface area is 133 Å². The van der Waals surface area contributed by atoms with Gasteiger partial charge in [0.15, 0.2) is 0 Å². The number of amides is 2. The van der Waals surface area contributed by atoms with E-state index in [0.717, 1.165) is 5.01 Å². The number of thiazole rings is 1. The lowest BCUT2D eigenvalue weighted by Gasteiger charge is -2.16. The SMILES string of the molecule is CC(C)C[C@H](NC(=O)CNC(=O)CCc1nccs1)C(=O)O. The van der Waals surface area contributed by atoms with Gasteiger partial charge in [-0.15, -0.1) is 11.3 Å². The number of hydrogen-bond donors (Lipinski definition) is 3. The quantitative estimate of drug-likeness (QED) is 0.622. The van der Waals surface area contributed by atoms with Gasteiger partial charge in [0.05, 0.1) is 11.6 Å². The van der Waals surface area contributed by atoms with Crippen molar-refractivity contribution in [2.45, 2.75) is 39.2 Å². The fourth-order valence-corrected chi connectivity index (χ4v) is 2.42. The highest BCUT2D eigenvalue weighted by Crippen LogP contribution is 2.06. The van der Waals surface area contributed by atoms with Crippen molar-refractivity contribution in [2.24, 2.45) is 5.92 Å². The van der Waals surface area contributed by atoms with Gasteiger partial charge >= 0.3 is 5.97 Å². The fraction of sp³-hybridized carbons (Fsp3) is 0.571. The van der Waals surface area contributed by atoms with Crippen molar-refractivity contribution in [3.63, 3.8) is 0 Å². The Morgan fingerprint density at radius 1 is 1.32 bits per heavy atom. The van der Waals surface area contributed by atoms with Crippen molar-refractivity contribution in [1.29, 1.82) is 0 Å². The van der Waals surface area contributed by atoms with E-state index in [0.29, 0.717) is 12.8 Å². The third-order valence-electron chi connectivity index (χ3n) is 2.84. The molecule has 0 unspecified atom stereocenters. The number of carboxylic acids is 1. The molecule has 2 amide bonds.